The van der Waals surface area contributed by atoms with E-state index in [0.717, 1.165) is 18.2 Å². The Hall–Kier alpha value is -2.11. The zero-order valence-corrected chi connectivity index (χ0v) is 9.43. The van der Waals surface area contributed by atoms with Crippen LogP contribution in [0.3, 0.4) is 0 Å². The zero-order valence-electron chi connectivity index (χ0n) is 9.43. The zero-order chi connectivity index (χ0) is 13.3. The first kappa shape index (κ1) is 12.3. The van der Waals surface area contributed by atoms with Crippen molar-refractivity contribution in [2.45, 2.75) is 13.3 Å². The van der Waals surface area contributed by atoms with E-state index in [9.17, 15) is 18.0 Å². The van der Waals surface area contributed by atoms with Crippen molar-refractivity contribution in [1.29, 1.82) is 0 Å². The molecule has 6 heteroatoms. The molecule has 0 saturated heterocycles. The highest BCUT2D eigenvalue weighted by Gasteiger charge is 2.08. The van der Waals surface area contributed by atoms with Crippen molar-refractivity contribution < 1.29 is 13.2 Å². The number of rotatable bonds is 2. The highest BCUT2D eigenvalue weighted by molar-refractivity contribution is 5.21. The van der Waals surface area contributed by atoms with Crippen LogP contribution in [0.25, 0.3) is 0 Å². The van der Waals surface area contributed by atoms with Crippen LogP contribution in [0, 0.1) is 24.4 Å². The second-order valence-electron chi connectivity index (χ2n) is 3.87. The molecule has 0 amide bonds. The van der Waals surface area contributed by atoms with Gasteiger partial charge < -0.3 is 4.98 Å². The highest BCUT2D eigenvalue weighted by Crippen LogP contribution is 2.11. The Morgan fingerprint density at radius 2 is 1.78 bits per heavy atom. The number of nitrogens with one attached hydrogen (secondary N) is 1. The van der Waals surface area contributed by atoms with Crippen LogP contribution in [0.2, 0.25) is 0 Å². The van der Waals surface area contributed by atoms with E-state index in [4.69, 9.17) is 0 Å². The fraction of sp³-hybridized carbons (Fsp3) is 0.167. The Morgan fingerprint density at radius 1 is 1.17 bits per heavy atom. The van der Waals surface area contributed by atoms with Gasteiger partial charge in [-0.2, -0.15) is 4.39 Å². The number of halogens is 3. The molecule has 0 saturated carbocycles. The predicted octanol–water partition coefficient (Wildman–Crippen LogP) is 2.09. The number of aromatic amines is 1. The molecule has 3 nitrogen and oxygen atoms in total. The lowest BCUT2D eigenvalue weighted by atomic mass is 10.1. The smallest absolute Gasteiger partial charge is 0.287 e. The van der Waals surface area contributed by atoms with Gasteiger partial charge in [-0.3, -0.25) is 4.79 Å². The van der Waals surface area contributed by atoms with E-state index in [-0.39, 0.29) is 17.9 Å². The Kier molecular flexibility index (Phi) is 3.18. The summed E-state index contributed by atoms with van der Waals surface area (Å²) in [7, 11) is 0. The lowest BCUT2D eigenvalue weighted by Crippen LogP contribution is -2.17. The van der Waals surface area contributed by atoms with Crippen molar-refractivity contribution in [3.63, 3.8) is 0 Å². The molecule has 94 valence electrons. The first-order chi connectivity index (χ1) is 8.45. The second kappa shape index (κ2) is 4.64. The van der Waals surface area contributed by atoms with Gasteiger partial charge >= 0.3 is 0 Å². The molecule has 2 rings (SSSR count). The first-order valence-electron chi connectivity index (χ1n) is 5.16. The number of H-pyrrole nitrogens is 1. The van der Waals surface area contributed by atoms with Crippen LogP contribution < -0.4 is 5.56 Å². The monoisotopic (exact) mass is 254 g/mol. The van der Waals surface area contributed by atoms with Crippen LogP contribution in [-0.4, -0.2) is 9.97 Å². The van der Waals surface area contributed by atoms with Gasteiger partial charge in [0.1, 0.15) is 17.5 Å². The summed E-state index contributed by atoms with van der Waals surface area (Å²) in [5, 5.41) is 0. The van der Waals surface area contributed by atoms with Gasteiger partial charge in [-0.15, -0.1) is 0 Å². The standard InChI is InChI=1S/C12H9F3N2O/c1-6-11(15)12(18)17-10(16-6)4-7-2-8(13)5-9(14)3-7/h2-3,5H,4H2,1H3,(H,16,17,18). The Balaban J connectivity index is 2.37. The first-order valence-corrected chi connectivity index (χ1v) is 5.16. The summed E-state index contributed by atoms with van der Waals surface area (Å²) in [5.41, 5.74) is -0.637. The van der Waals surface area contributed by atoms with Crippen LogP contribution in [0.1, 0.15) is 17.1 Å². The number of benzene rings is 1. The Morgan fingerprint density at radius 3 is 2.33 bits per heavy atom. The summed E-state index contributed by atoms with van der Waals surface area (Å²) in [4.78, 5) is 17.2. The minimum atomic E-state index is -0.954. The molecule has 0 radical (unpaired) electrons. The molecule has 0 spiro atoms. The third kappa shape index (κ3) is 2.58. The van der Waals surface area contributed by atoms with E-state index < -0.39 is 23.0 Å². The van der Waals surface area contributed by atoms with Gasteiger partial charge in [0.2, 0.25) is 5.82 Å². The van der Waals surface area contributed by atoms with Crippen LogP contribution in [0.4, 0.5) is 13.2 Å². The van der Waals surface area contributed by atoms with E-state index in [0.29, 0.717) is 5.56 Å². The van der Waals surface area contributed by atoms with E-state index in [1.807, 2.05) is 0 Å². The fourth-order valence-electron chi connectivity index (χ4n) is 1.62. The summed E-state index contributed by atoms with van der Waals surface area (Å²) in [6.07, 6.45) is 0.0189. The maximum Gasteiger partial charge on any atom is 0.287 e. The van der Waals surface area contributed by atoms with Gasteiger partial charge in [-0.25, -0.2) is 13.8 Å². The lowest BCUT2D eigenvalue weighted by Gasteiger charge is -2.03. The third-order valence-electron chi connectivity index (χ3n) is 2.37. The molecule has 2 aromatic rings. The largest absolute Gasteiger partial charge is 0.308 e. The molecule has 0 fully saturated rings. The van der Waals surface area contributed by atoms with Gasteiger partial charge in [0.05, 0.1) is 5.69 Å². The van der Waals surface area contributed by atoms with Crippen molar-refractivity contribution in [1.82, 2.24) is 9.97 Å². The van der Waals surface area contributed by atoms with E-state index in [1.165, 1.54) is 6.92 Å². The van der Waals surface area contributed by atoms with Crippen molar-refractivity contribution in [3.05, 3.63) is 63.1 Å². The quantitative estimate of drug-likeness (QED) is 0.891. The SMILES string of the molecule is Cc1nc(Cc2cc(F)cc(F)c2)[nH]c(=O)c1F. The molecule has 0 bridgehead atoms. The second-order valence-corrected chi connectivity index (χ2v) is 3.87. The molecule has 1 aromatic heterocycles. The number of hydrogen-bond donors (Lipinski definition) is 1. The van der Waals surface area contributed by atoms with Gasteiger partial charge in [-0.1, -0.05) is 0 Å². The Labute approximate surface area is 100 Å². The maximum atomic E-state index is 13.1. The lowest BCUT2D eigenvalue weighted by molar-refractivity contribution is 0.576. The Bertz CT molecular complexity index is 632. The van der Waals surface area contributed by atoms with Crippen LogP contribution in [0.5, 0.6) is 0 Å². The van der Waals surface area contributed by atoms with E-state index in [1.54, 1.807) is 0 Å². The van der Waals surface area contributed by atoms with Crippen LogP contribution in [-0.2, 0) is 6.42 Å². The van der Waals surface area contributed by atoms with Crippen molar-refractivity contribution in [2.24, 2.45) is 0 Å². The van der Waals surface area contributed by atoms with Crippen LogP contribution in [0.15, 0.2) is 23.0 Å². The van der Waals surface area contributed by atoms with E-state index >= 15 is 0 Å². The predicted molar refractivity (Wildman–Crippen MR) is 58.7 cm³/mol. The number of nitrogens with zero attached hydrogens (tertiary/aromatic N) is 1. The van der Waals surface area contributed by atoms with E-state index in [2.05, 4.69) is 9.97 Å². The molecule has 0 atom stereocenters. The molecule has 0 unspecified atom stereocenters. The van der Waals surface area contributed by atoms with Crippen molar-refractivity contribution in [3.8, 4) is 0 Å². The van der Waals surface area contributed by atoms with Gasteiger partial charge in [0.15, 0.2) is 0 Å². The molecule has 0 aliphatic rings. The topological polar surface area (TPSA) is 45.8 Å². The molecule has 0 aliphatic heterocycles. The summed E-state index contributed by atoms with van der Waals surface area (Å²) in [6, 6.07) is 3.00. The molecule has 1 aromatic carbocycles. The van der Waals surface area contributed by atoms with Gasteiger partial charge in [0.25, 0.3) is 5.56 Å². The summed E-state index contributed by atoms with van der Waals surface area (Å²) in [5.74, 6) is -2.23. The summed E-state index contributed by atoms with van der Waals surface area (Å²) in [6.45, 7) is 1.35. The van der Waals surface area contributed by atoms with Crippen molar-refractivity contribution in [2.75, 3.05) is 0 Å². The highest BCUT2D eigenvalue weighted by atomic mass is 19.1. The summed E-state index contributed by atoms with van der Waals surface area (Å²) < 4.78 is 39.0. The molecule has 1 heterocycles. The molecule has 1 N–H and O–H groups in total. The number of hydrogen-bond acceptors (Lipinski definition) is 2. The average molecular weight is 254 g/mol. The van der Waals surface area contributed by atoms with Gasteiger partial charge in [-0.05, 0) is 24.6 Å². The molecule has 0 aliphatic carbocycles. The number of aromatic nitrogens is 2. The minimum Gasteiger partial charge on any atom is -0.308 e. The molecule has 18 heavy (non-hydrogen) atoms. The third-order valence-corrected chi connectivity index (χ3v) is 2.37. The fourth-order valence-corrected chi connectivity index (χ4v) is 1.62. The normalized spacial score (nSPS) is 10.7. The summed E-state index contributed by atoms with van der Waals surface area (Å²) >= 11 is 0. The number of aryl methyl sites for hydroxylation is 1. The minimum absolute atomic E-state index is 0.0189. The van der Waals surface area contributed by atoms with Gasteiger partial charge in [0, 0.05) is 12.5 Å². The van der Waals surface area contributed by atoms with Crippen molar-refractivity contribution >= 4 is 0 Å². The van der Waals surface area contributed by atoms with Crippen LogP contribution >= 0.6 is 0 Å². The molecular weight excluding hydrogens is 245 g/mol. The molecular formula is C12H9F3N2O. The maximum absolute atomic E-state index is 13.1. The average Bonchev–Trinajstić information content (AvgIpc) is 2.24.